The van der Waals surface area contributed by atoms with Crippen LogP contribution in [-0.4, -0.2) is 37.8 Å². The monoisotopic (exact) mass is 370 g/mol. The normalized spacial score (nSPS) is 11.3. The van der Waals surface area contributed by atoms with Crippen molar-refractivity contribution in [1.82, 2.24) is 15.6 Å². The Kier molecular flexibility index (Phi) is 8.58. The fraction of sp³-hybridized carbons (Fsp3) is 0.429. The summed E-state index contributed by atoms with van der Waals surface area (Å²) in [7, 11) is 1.65. The average Bonchev–Trinajstić information content (AvgIpc) is 2.66. The van der Waals surface area contributed by atoms with E-state index in [0.717, 1.165) is 24.6 Å². The first-order chi connectivity index (χ1) is 13.1. The van der Waals surface area contributed by atoms with Gasteiger partial charge in [-0.05, 0) is 37.5 Å². The maximum absolute atomic E-state index is 5.48. The maximum atomic E-state index is 5.48. The summed E-state index contributed by atoms with van der Waals surface area (Å²) in [5.41, 5.74) is 4.86. The van der Waals surface area contributed by atoms with Gasteiger partial charge < -0.3 is 20.1 Å². The second-order valence-electron chi connectivity index (χ2n) is 6.32. The summed E-state index contributed by atoms with van der Waals surface area (Å²) >= 11 is 0. The Balaban J connectivity index is 1.92. The Bertz CT molecular complexity index is 729. The van der Waals surface area contributed by atoms with E-state index in [4.69, 9.17) is 9.47 Å². The van der Waals surface area contributed by atoms with Crippen molar-refractivity contribution >= 4 is 5.96 Å². The topological polar surface area (TPSA) is 67.8 Å². The molecule has 2 N–H and O–H groups in total. The fourth-order valence-corrected chi connectivity index (χ4v) is 2.55. The summed E-state index contributed by atoms with van der Waals surface area (Å²) in [4.78, 5) is 8.94. The highest BCUT2D eigenvalue weighted by atomic mass is 16.5. The van der Waals surface area contributed by atoms with Crippen molar-refractivity contribution in [3.8, 4) is 5.88 Å². The van der Waals surface area contributed by atoms with Crippen molar-refractivity contribution in [1.29, 1.82) is 0 Å². The Labute approximate surface area is 162 Å². The molecule has 0 bridgehead atoms. The lowest BCUT2D eigenvalue weighted by atomic mass is 10.1. The van der Waals surface area contributed by atoms with Gasteiger partial charge in [0, 0.05) is 32.5 Å². The van der Waals surface area contributed by atoms with Gasteiger partial charge in [-0.1, -0.05) is 29.8 Å². The predicted molar refractivity (Wildman–Crippen MR) is 109 cm³/mol. The molecule has 0 atom stereocenters. The third kappa shape index (κ3) is 7.27. The molecular formula is C21H30N4O2. The minimum atomic E-state index is 0.494. The number of nitrogens with one attached hydrogen (secondary N) is 2. The Morgan fingerprint density at radius 1 is 1.11 bits per heavy atom. The number of methoxy groups -OCH3 is 1. The maximum Gasteiger partial charge on any atom is 0.213 e. The zero-order chi connectivity index (χ0) is 19.5. The second-order valence-corrected chi connectivity index (χ2v) is 6.32. The van der Waals surface area contributed by atoms with Crippen LogP contribution < -0.4 is 15.4 Å². The number of pyridine rings is 1. The van der Waals surface area contributed by atoms with Crippen molar-refractivity contribution in [2.45, 2.75) is 33.9 Å². The van der Waals surface area contributed by atoms with E-state index in [0.29, 0.717) is 25.6 Å². The van der Waals surface area contributed by atoms with Gasteiger partial charge in [0.2, 0.25) is 5.88 Å². The van der Waals surface area contributed by atoms with Gasteiger partial charge in [-0.25, -0.2) is 9.98 Å². The third-order valence-electron chi connectivity index (χ3n) is 4.04. The van der Waals surface area contributed by atoms with Gasteiger partial charge in [0.1, 0.15) is 6.61 Å². The van der Waals surface area contributed by atoms with Crippen molar-refractivity contribution < 1.29 is 9.47 Å². The lowest BCUT2D eigenvalue weighted by Gasteiger charge is -2.13. The Hall–Kier alpha value is -2.60. The second kappa shape index (κ2) is 11.2. The van der Waals surface area contributed by atoms with Gasteiger partial charge in [0.05, 0.1) is 13.2 Å². The van der Waals surface area contributed by atoms with Gasteiger partial charge >= 0.3 is 0 Å². The molecule has 0 saturated heterocycles. The Morgan fingerprint density at radius 3 is 2.63 bits per heavy atom. The number of aryl methyl sites for hydroxylation is 2. The molecule has 1 aromatic carbocycles. The summed E-state index contributed by atoms with van der Waals surface area (Å²) in [6.07, 6.45) is 1.79. The molecule has 0 aliphatic carbocycles. The standard InChI is InChI=1S/C21H30N4O2/c1-5-22-21(25-15-19-8-6-16(2)12-17(19)3)24-14-18-7-9-20(23-13-18)27-11-10-26-4/h6-9,12-13H,5,10-11,14-15H2,1-4H3,(H2,22,24,25). The van der Waals surface area contributed by atoms with Crippen LogP contribution in [0.5, 0.6) is 5.88 Å². The highest BCUT2D eigenvalue weighted by Crippen LogP contribution is 2.10. The number of aliphatic imine (C=N–C) groups is 1. The average molecular weight is 370 g/mol. The summed E-state index contributed by atoms with van der Waals surface area (Å²) < 4.78 is 10.4. The van der Waals surface area contributed by atoms with Crippen LogP contribution in [0.1, 0.15) is 29.2 Å². The SMILES string of the molecule is CCNC(=NCc1ccc(OCCOC)nc1)NCc1ccc(C)cc1C. The number of hydrogen-bond donors (Lipinski definition) is 2. The number of benzene rings is 1. The quantitative estimate of drug-likeness (QED) is 0.403. The van der Waals surface area contributed by atoms with E-state index >= 15 is 0 Å². The molecule has 6 heteroatoms. The lowest BCUT2D eigenvalue weighted by molar-refractivity contribution is 0.143. The number of hydrogen-bond acceptors (Lipinski definition) is 4. The van der Waals surface area contributed by atoms with E-state index in [1.54, 1.807) is 13.3 Å². The van der Waals surface area contributed by atoms with Crippen molar-refractivity contribution in [3.63, 3.8) is 0 Å². The highest BCUT2D eigenvalue weighted by molar-refractivity contribution is 5.79. The summed E-state index contributed by atoms with van der Waals surface area (Å²) in [6, 6.07) is 10.3. The molecule has 0 aliphatic heterocycles. The molecule has 6 nitrogen and oxygen atoms in total. The molecule has 2 rings (SSSR count). The summed E-state index contributed by atoms with van der Waals surface area (Å²) in [6.45, 7) is 9.44. The minimum Gasteiger partial charge on any atom is -0.475 e. The molecule has 0 unspecified atom stereocenters. The number of rotatable bonds is 9. The molecule has 146 valence electrons. The van der Waals surface area contributed by atoms with Gasteiger partial charge in [0.25, 0.3) is 0 Å². The first-order valence-corrected chi connectivity index (χ1v) is 9.27. The smallest absolute Gasteiger partial charge is 0.213 e. The van der Waals surface area contributed by atoms with Crippen LogP contribution in [0.3, 0.4) is 0 Å². The predicted octanol–water partition coefficient (Wildman–Crippen LogP) is 2.98. The van der Waals surface area contributed by atoms with Crippen LogP contribution in [0, 0.1) is 13.8 Å². The lowest BCUT2D eigenvalue weighted by Crippen LogP contribution is -2.36. The molecule has 1 heterocycles. The molecule has 2 aromatic rings. The van der Waals surface area contributed by atoms with Gasteiger partial charge in [-0.2, -0.15) is 0 Å². The number of ether oxygens (including phenoxy) is 2. The Morgan fingerprint density at radius 2 is 1.96 bits per heavy atom. The molecule has 0 radical (unpaired) electrons. The molecule has 0 amide bonds. The van der Waals surface area contributed by atoms with E-state index in [9.17, 15) is 0 Å². The van der Waals surface area contributed by atoms with Crippen LogP contribution >= 0.6 is 0 Å². The van der Waals surface area contributed by atoms with E-state index in [1.807, 2.05) is 12.1 Å². The number of guanidine groups is 1. The molecule has 0 saturated carbocycles. The highest BCUT2D eigenvalue weighted by Gasteiger charge is 2.02. The largest absolute Gasteiger partial charge is 0.475 e. The zero-order valence-corrected chi connectivity index (χ0v) is 16.7. The summed E-state index contributed by atoms with van der Waals surface area (Å²) in [5, 5.41) is 6.67. The molecule has 0 aliphatic rings. The van der Waals surface area contributed by atoms with E-state index in [1.165, 1.54) is 16.7 Å². The van der Waals surface area contributed by atoms with Crippen molar-refractivity contribution in [2.75, 3.05) is 26.9 Å². The summed E-state index contributed by atoms with van der Waals surface area (Å²) in [5.74, 6) is 1.39. The van der Waals surface area contributed by atoms with Crippen LogP contribution in [0.15, 0.2) is 41.5 Å². The van der Waals surface area contributed by atoms with Gasteiger partial charge in [-0.15, -0.1) is 0 Å². The molecule has 0 spiro atoms. The van der Waals surface area contributed by atoms with Crippen molar-refractivity contribution in [2.24, 2.45) is 4.99 Å². The zero-order valence-electron chi connectivity index (χ0n) is 16.7. The van der Waals surface area contributed by atoms with Crippen LogP contribution in [0.25, 0.3) is 0 Å². The van der Waals surface area contributed by atoms with E-state index in [2.05, 4.69) is 59.6 Å². The van der Waals surface area contributed by atoms with E-state index in [-0.39, 0.29) is 0 Å². The molecule has 27 heavy (non-hydrogen) atoms. The first kappa shape index (κ1) is 20.7. The minimum absolute atomic E-state index is 0.494. The number of aromatic nitrogens is 1. The molecule has 1 aromatic heterocycles. The van der Waals surface area contributed by atoms with Crippen molar-refractivity contribution in [3.05, 3.63) is 58.8 Å². The van der Waals surface area contributed by atoms with Crippen LogP contribution in [0.4, 0.5) is 0 Å². The van der Waals surface area contributed by atoms with Gasteiger partial charge in [-0.3, -0.25) is 0 Å². The van der Waals surface area contributed by atoms with Crippen LogP contribution in [-0.2, 0) is 17.8 Å². The molecule has 0 fully saturated rings. The fourth-order valence-electron chi connectivity index (χ4n) is 2.55. The van der Waals surface area contributed by atoms with Gasteiger partial charge in [0.15, 0.2) is 5.96 Å². The first-order valence-electron chi connectivity index (χ1n) is 9.27. The third-order valence-corrected chi connectivity index (χ3v) is 4.04. The number of nitrogens with zero attached hydrogens (tertiary/aromatic N) is 2. The van der Waals surface area contributed by atoms with Crippen LogP contribution in [0.2, 0.25) is 0 Å². The molecular weight excluding hydrogens is 340 g/mol. The van der Waals surface area contributed by atoms with E-state index < -0.39 is 0 Å².